The van der Waals surface area contributed by atoms with Crippen LogP contribution in [0, 0.1) is 0 Å². The largest absolute Gasteiger partial charge is 0.469 e. The molecular weight excluding hydrogens is 591 g/mol. The van der Waals surface area contributed by atoms with E-state index in [0.717, 1.165) is 32.1 Å². The molecule has 0 aromatic rings. The first-order valence-corrected chi connectivity index (χ1v) is 20.4. The summed E-state index contributed by atoms with van der Waals surface area (Å²) in [7, 11) is -4.74. The van der Waals surface area contributed by atoms with Gasteiger partial charge in [-0.15, -0.1) is 0 Å². The maximum Gasteiger partial charge on any atom is 0.469 e. The highest BCUT2D eigenvalue weighted by Gasteiger charge is 2.22. The number of carbonyl (C=O) groups excluding carboxylic acids is 2. The molecular formula is C36H71O8P. The molecule has 0 saturated carbocycles. The van der Waals surface area contributed by atoms with Gasteiger partial charge in [0.15, 0.2) is 6.10 Å². The SMILES string of the molecule is CCCCCCCCCCCCCCCCCCCCCC(=O)O[C@H](COC(=O)CCCCCCCCCC)COP(=O)(O)O. The smallest absolute Gasteiger partial charge is 0.462 e. The molecule has 0 aliphatic heterocycles. The molecule has 8 nitrogen and oxygen atoms in total. The highest BCUT2D eigenvalue weighted by molar-refractivity contribution is 7.46. The number of phosphoric acid groups is 1. The third kappa shape index (κ3) is 35.7. The van der Waals surface area contributed by atoms with Crippen LogP contribution in [0.2, 0.25) is 0 Å². The van der Waals surface area contributed by atoms with Gasteiger partial charge in [0, 0.05) is 12.8 Å². The van der Waals surface area contributed by atoms with E-state index in [1.54, 1.807) is 0 Å². The Morgan fingerprint density at radius 1 is 0.489 bits per heavy atom. The molecule has 0 aliphatic carbocycles. The van der Waals surface area contributed by atoms with E-state index in [0.29, 0.717) is 6.42 Å². The van der Waals surface area contributed by atoms with Gasteiger partial charge in [-0.1, -0.05) is 174 Å². The lowest BCUT2D eigenvalue weighted by molar-refractivity contribution is -0.161. The third-order valence-electron chi connectivity index (χ3n) is 8.38. The number of unbranched alkanes of at least 4 members (excludes halogenated alkanes) is 25. The minimum atomic E-state index is -4.74. The second-order valence-electron chi connectivity index (χ2n) is 12.9. The van der Waals surface area contributed by atoms with E-state index in [-0.39, 0.29) is 19.4 Å². The summed E-state index contributed by atoms with van der Waals surface area (Å²) in [6.45, 7) is 3.66. The maximum atomic E-state index is 12.3. The first-order chi connectivity index (χ1) is 21.8. The molecule has 0 saturated heterocycles. The van der Waals surface area contributed by atoms with Gasteiger partial charge in [0.25, 0.3) is 0 Å². The number of ether oxygens (including phenoxy) is 2. The Hall–Kier alpha value is -0.950. The molecule has 0 heterocycles. The zero-order valence-corrected chi connectivity index (χ0v) is 30.2. The highest BCUT2D eigenvalue weighted by atomic mass is 31.2. The second kappa shape index (κ2) is 33.0. The second-order valence-corrected chi connectivity index (χ2v) is 14.2. The van der Waals surface area contributed by atoms with Gasteiger partial charge >= 0.3 is 19.8 Å². The van der Waals surface area contributed by atoms with E-state index in [1.807, 2.05) is 0 Å². The molecule has 0 spiro atoms. The van der Waals surface area contributed by atoms with Gasteiger partial charge in [-0.2, -0.15) is 0 Å². The van der Waals surface area contributed by atoms with Gasteiger partial charge in [0.05, 0.1) is 6.61 Å². The summed E-state index contributed by atoms with van der Waals surface area (Å²) in [5.41, 5.74) is 0. The summed E-state index contributed by atoms with van der Waals surface area (Å²) < 4.78 is 26.2. The quantitative estimate of drug-likeness (QED) is 0.0391. The molecule has 0 unspecified atom stereocenters. The fraction of sp³-hybridized carbons (Fsp3) is 0.944. The predicted molar refractivity (Wildman–Crippen MR) is 184 cm³/mol. The molecule has 0 fully saturated rings. The van der Waals surface area contributed by atoms with Gasteiger partial charge in [-0.3, -0.25) is 14.1 Å². The van der Waals surface area contributed by atoms with Gasteiger partial charge < -0.3 is 19.3 Å². The molecule has 0 aliphatic rings. The van der Waals surface area contributed by atoms with E-state index >= 15 is 0 Å². The Kier molecular flexibility index (Phi) is 32.3. The van der Waals surface area contributed by atoms with Crippen LogP contribution in [-0.4, -0.2) is 41.0 Å². The minimum absolute atomic E-state index is 0.220. The fourth-order valence-electron chi connectivity index (χ4n) is 5.55. The minimum Gasteiger partial charge on any atom is -0.462 e. The van der Waals surface area contributed by atoms with Crippen molar-refractivity contribution in [1.82, 2.24) is 0 Å². The van der Waals surface area contributed by atoms with Crippen molar-refractivity contribution in [3.05, 3.63) is 0 Å². The van der Waals surface area contributed by atoms with Gasteiger partial charge in [-0.05, 0) is 12.8 Å². The Morgan fingerprint density at radius 2 is 0.800 bits per heavy atom. The van der Waals surface area contributed by atoms with Gasteiger partial charge in [0.1, 0.15) is 6.61 Å². The molecule has 0 radical (unpaired) electrons. The van der Waals surface area contributed by atoms with Crippen LogP contribution in [0.5, 0.6) is 0 Å². The van der Waals surface area contributed by atoms with Crippen LogP contribution in [-0.2, 0) is 28.2 Å². The van der Waals surface area contributed by atoms with Crippen LogP contribution < -0.4 is 0 Å². The third-order valence-corrected chi connectivity index (χ3v) is 8.86. The zero-order chi connectivity index (χ0) is 33.3. The van der Waals surface area contributed by atoms with Crippen molar-refractivity contribution >= 4 is 19.8 Å². The molecule has 0 rings (SSSR count). The van der Waals surface area contributed by atoms with Crippen LogP contribution >= 0.6 is 7.82 Å². The van der Waals surface area contributed by atoms with E-state index in [9.17, 15) is 14.2 Å². The Morgan fingerprint density at radius 3 is 1.13 bits per heavy atom. The summed E-state index contributed by atoms with van der Waals surface area (Å²) in [5.74, 6) is -0.877. The lowest BCUT2D eigenvalue weighted by Gasteiger charge is -2.18. The van der Waals surface area contributed by atoms with Crippen LogP contribution in [0.4, 0.5) is 0 Å². The molecule has 1 atom stereocenters. The molecule has 0 aromatic carbocycles. The standard InChI is InChI=1S/C36H71O8P/c1-3-5-7-9-11-13-14-15-16-17-18-19-20-21-22-23-25-27-29-31-36(38)44-34(33-43-45(39,40)41)32-42-35(37)30-28-26-24-12-10-8-6-4-2/h34H,3-33H2,1-2H3,(H2,39,40,41)/t34-/m1/s1. The van der Waals surface area contributed by atoms with Crippen molar-refractivity contribution in [2.45, 2.75) is 206 Å². The number of carbonyl (C=O) groups is 2. The molecule has 45 heavy (non-hydrogen) atoms. The number of rotatable bonds is 35. The monoisotopic (exact) mass is 662 g/mol. The Bertz CT molecular complexity index is 711. The maximum absolute atomic E-state index is 12.3. The fourth-order valence-corrected chi connectivity index (χ4v) is 5.91. The van der Waals surface area contributed by atoms with Crippen molar-refractivity contribution in [3.63, 3.8) is 0 Å². The summed E-state index contributed by atoms with van der Waals surface area (Å²) >= 11 is 0. The lowest BCUT2D eigenvalue weighted by atomic mass is 10.0. The number of hydrogen-bond donors (Lipinski definition) is 2. The first-order valence-electron chi connectivity index (χ1n) is 18.8. The molecule has 0 amide bonds. The van der Waals surface area contributed by atoms with Crippen molar-refractivity contribution in [2.75, 3.05) is 13.2 Å². The topological polar surface area (TPSA) is 119 Å². The normalized spacial score (nSPS) is 12.4. The van der Waals surface area contributed by atoms with Crippen LogP contribution in [0.3, 0.4) is 0 Å². The van der Waals surface area contributed by atoms with Crippen molar-refractivity contribution < 1.29 is 37.9 Å². The molecule has 0 bridgehead atoms. The van der Waals surface area contributed by atoms with E-state index < -0.39 is 32.5 Å². The lowest BCUT2D eigenvalue weighted by Crippen LogP contribution is -2.29. The first kappa shape index (κ1) is 44.0. The summed E-state index contributed by atoms with van der Waals surface area (Å²) in [6, 6.07) is 0. The van der Waals surface area contributed by atoms with Crippen LogP contribution in [0.1, 0.15) is 200 Å². The highest BCUT2D eigenvalue weighted by Crippen LogP contribution is 2.36. The zero-order valence-electron chi connectivity index (χ0n) is 29.3. The number of phosphoric ester groups is 1. The number of hydrogen-bond acceptors (Lipinski definition) is 6. The molecule has 0 aromatic heterocycles. The van der Waals surface area contributed by atoms with Crippen LogP contribution in [0.15, 0.2) is 0 Å². The van der Waals surface area contributed by atoms with Gasteiger partial charge in [-0.25, -0.2) is 4.57 Å². The Labute approximate surface area is 276 Å². The average molecular weight is 663 g/mol. The van der Waals surface area contributed by atoms with E-state index in [2.05, 4.69) is 18.4 Å². The van der Waals surface area contributed by atoms with E-state index in [4.69, 9.17) is 19.3 Å². The molecule has 268 valence electrons. The van der Waals surface area contributed by atoms with Gasteiger partial charge in [0.2, 0.25) is 0 Å². The summed E-state index contributed by atoms with van der Waals surface area (Å²) in [6.07, 6.45) is 32.7. The number of esters is 2. The molecule has 2 N–H and O–H groups in total. The van der Waals surface area contributed by atoms with Crippen LogP contribution in [0.25, 0.3) is 0 Å². The predicted octanol–water partition coefficient (Wildman–Crippen LogP) is 10.9. The van der Waals surface area contributed by atoms with Crippen molar-refractivity contribution in [1.29, 1.82) is 0 Å². The van der Waals surface area contributed by atoms with Crippen molar-refractivity contribution in [2.24, 2.45) is 0 Å². The Balaban J connectivity index is 3.83. The van der Waals surface area contributed by atoms with Crippen molar-refractivity contribution in [3.8, 4) is 0 Å². The summed E-state index contributed by atoms with van der Waals surface area (Å²) in [5, 5.41) is 0. The van der Waals surface area contributed by atoms with E-state index in [1.165, 1.54) is 135 Å². The summed E-state index contributed by atoms with van der Waals surface area (Å²) in [4.78, 5) is 42.5. The average Bonchev–Trinajstić information content (AvgIpc) is 3.00. The molecule has 9 heteroatoms.